The van der Waals surface area contributed by atoms with E-state index in [0.717, 1.165) is 5.57 Å². The molecular formula is C23H32O7. The minimum absolute atomic E-state index is 0.0156. The highest BCUT2D eigenvalue weighted by atomic mass is 16.6. The zero-order chi connectivity index (χ0) is 22.4. The molecule has 0 aromatic rings. The monoisotopic (exact) mass is 420 g/mol. The predicted octanol–water partition coefficient (Wildman–Crippen LogP) is 2.88. The van der Waals surface area contributed by atoms with E-state index in [1.165, 1.54) is 0 Å². The topological polar surface area (TPSA) is 99.1 Å². The van der Waals surface area contributed by atoms with Crippen molar-refractivity contribution in [3.05, 3.63) is 35.5 Å². The van der Waals surface area contributed by atoms with Gasteiger partial charge >= 0.3 is 17.9 Å². The van der Waals surface area contributed by atoms with Gasteiger partial charge in [0.1, 0.15) is 19.3 Å². The Balaban J connectivity index is 2.21. The number of fused-ring (bicyclic) bond motifs is 1. The molecule has 0 bridgehead atoms. The summed E-state index contributed by atoms with van der Waals surface area (Å²) in [5.74, 6) is -2.06. The fourth-order valence-corrected chi connectivity index (χ4v) is 3.27. The molecule has 0 aromatic carbocycles. The van der Waals surface area contributed by atoms with E-state index in [1.807, 2.05) is 6.08 Å². The van der Waals surface area contributed by atoms with Crippen molar-refractivity contribution < 1.29 is 33.7 Å². The number of carbonyl (C=O) groups excluding carboxylic acids is 3. The van der Waals surface area contributed by atoms with E-state index in [0.29, 0.717) is 24.0 Å². The van der Waals surface area contributed by atoms with Crippen LogP contribution in [-0.4, -0.2) is 48.4 Å². The fourth-order valence-electron chi connectivity index (χ4n) is 3.27. The molecule has 3 unspecified atom stereocenters. The van der Waals surface area contributed by atoms with Crippen LogP contribution in [-0.2, 0) is 28.6 Å². The highest BCUT2D eigenvalue weighted by Gasteiger charge is 2.39. The van der Waals surface area contributed by atoms with Crippen LogP contribution in [0.5, 0.6) is 0 Å². The summed E-state index contributed by atoms with van der Waals surface area (Å²) in [4.78, 5) is 35.8. The molecule has 166 valence electrons. The van der Waals surface area contributed by atoms with E-state index in [-0.39, 0.29) is 43.4 Å². The van der Waals surface area contributed by atoms with Gasteiger partial charge in [0.2, 0.25) is 0 Å². The van der Waals surface area contributed by atoms with Gasteiger partial charge in [-0.1, -0.05) is 40.3 Å². The number of aliphatic hydroxyl groups is 1. The maximum absolute atomic E-state index is 12.1. The lowest BCUT2D eigenvalue weighted by Crippen LogP contribution is -2.26. The third-order valence-electron chi connectivity index (χ3n) is 5.25. The molecule has 7 heteroatoms. The molecule has 2 aliphatic rings. The maximum atomic E-state index is 12.1. The van der Waals surface area contributed by atoms with E-state index in [1.54, 1.807) is 33.8 Å². The molecule has 7 nitrogen and oxygen atoms in total. The number of hydrogen-bond acceptors (Lipinski definition) is 7. The quantitative estimate of drug-likeness (QED) is 0.305. The molecule has 0 aromatic heterocycles. The summed E-state index contributed by atoms with van der Waals surface area (Å²) in [5, 5.41) is 10.7. The second-order valence-electron chi connectivity index (χ2n) is 8.42. The first-order valence-corrected chi connectivity index (χ1v) is 10.4. The lowest BCUT2D eigenvalue weighted by atomic mass is 9.86. The second-order valence-corrected chi connectivity index (χ2v) is 8.42. The molecule has 0 saturated carbocycles. The van der Waals surface area contributed by atoms with Gasteiger partial charge in [0, 0.05) is 11.5 Å². The maximum Gasteiger partial charge on any atom is 0.334 e. The Kier molecular flexibility index (Phi) is 8.41. The van der Waals surface area contributed by atoms with Crippen LogP contribution in [0, 0.1) is 17.8 Å². The normalized spacial score (nSPS) is 24.7. The smallest absolute Gasteiger partial charge is 0.334 e. The lowest BCUT2D eigenvalue weighted by Gasteiger charge is -2.23. The molecule has 0 radical (unpaired) electrons. The van der Waals surface area contributed by atoms with Crippen LogP contribution in [0.1, 0.15) is 47.0 Å². The van der Waals surface area contributed by atoms with Crippen LogP contribution >= 0.6 is 0 Å². The van der Waals surface area contributed by atoms with Crippen molar-refractivity contribution in [2.24, 2.45) is 17.8 Å². The van der Waals surface area contributed by atoms with Crippen LogP contribution in [0.25, 0.3) is 0 Å². The number of rotatable bonds is 6. The third kappa shape index (κ3) is 6.29. The van der Waals surface area contributed by atoms with Gasteiger partial charge in [-0.15, -0.1) is 0 Å². The molecular weight excluding hydrogens is 388 g/mol. The number of hydrogen-bond donors (Lipinski definition) is 1. The number of esters is 3. The van der Waals surface area contributed by atoms with Gasteiger partial charge in [0.15, 0.2) is 0 Å². The van der Waals surface area contributed by atoms with Crippen LogP contribution in [0.3, 0.4) is 0 Å². The van der Waals surface area contributed by atoms with Crippen LogP contribution in [0.2, 0.25) is 0 Å². The van der Waals surface area contributed by atoms with Crippen molar-refractivity contribution in [3.8, 4) is 0 Å². The molecule has 1 fully saturated rings. The molecule has 30 heavy (non-hydrogen) atoms. The molecule has 1 saturated heterocycles. The fraction of sp³-hybridized carbons (Fsp3) is 0.609. The molecule has 2 rings (SSSR count). The summed E-state index contributed by atoms with van der Waals surface area (Å²) in [5.41, 5.74) is 1.70. The Morgan fingerprint density at radius 2 is 1.77 bits per heavy atom. The summed E-state index contributed by atoms with van der Waals surface area (Å²) in [6.07, 6.45) is 3.50. The average molecular weight is 421 g/mol. The van der Waals surface area contributed by atoms with Crippen molar-refractivity contribution in [1.29, 1.82) is 0 Å². The molecule has 0 spiro atoms. The Morgan fingerprint density at radius 1 is 1.17 bits per heavy atom. The first-order valence-electron chi connectivity index (χ1n) is 10.4. The first kappa shape index (κ1) is 23.9. The Hall–Kier alpha value is -2.41. The summed E-state index contributed by atoms with van der Waals surface area (Å²) >= 11 is 0. The van der Waals surface area contributed by atoms with E-state index in [9.17, 15) is 19.5 Å². The van der Waals surface area contributed by atoms with Crippen LogP contribution < -0.4 is 0 Å². The number of carbonyl (C=O) groups is 3. The van der Waals surface area contributed by atoms with Crippen molar-refractivity contribution >= 4 is 17.9 Å². The van der Waals surface area contributed by atoms with Crippen molar-refractivity contribution in [2.75, 3.05) is 13.2 Å². The van der Waals surface area contributed by atoms with Crippen LogP contribution in [0.15, 0.2) is 35.5 Å². The minimum atomic E-state index is -0.891. The molecule has 1 N–H and O–H groups in total. The first-order chi connectivity index (χ1) is 14.1. The predicted molar refractivity (Wildman–Crippen MR) is 110 cm³/mol. The zero-order valence-corrected chi connectivity index (χ0v) is 18.2. The van der Waals surface area contributed by atoms with E-state index >= 15 is 0 Å². The molecule has 1 aliphatic heterocycles. The minimum Gasteiger partial charge on any atom is -0.461 e. The zero-order valence-electron chi connectivity index (χ0n) is 18.2. The summed E-state index contributed by atoms with van der Waals surface area (Å²) < 4.78 is 16.1. The van der Waals surface area contributed by atoms with E-state index < -0.39 is 24.1 Å². The third-order valence-corrected chi connectivity index (χ3v) is 5.25. The lowest BCUT2D eigenvalue weighted by molar-refractivity contribution is -0.147. The van der Waals surface area contributed by atoms with Gasteiger partial charge in [0.05, 0.1) is 17.9 Å². The van der Waals surface area contributed by atoms with Gasteiger partial charge < -0.3 is 19.3 Å². The van der Waals surface area contributed by atoms with Gasteiger partial charge in [-0.3, -0.25) is 9.59 Å². The average Bonchev–Trinajstić information content (AvgIpc) is 2.94. The van der Waals surface area contributed by atoms with E-state index in [4.69, 9.17) is 14.2 Å². The van der Waals surface area contributed by atoms with Gasteiger partial charge in [0.25, 0.3) is 0 Å². The van der Waals surface area contributed by atoms with Crippen molar-refractivity contribution in [1.82, 2.24) is 0 Å². The summed E-state index contributed by atoms with van der Waals surface area (Å²) in [6.45, 7) is 10.9. The number of aliphatic hydroxyl groups excluding tert-OH is 1. The highest BCUT2D eigenvalue weighted by Crippen LogP contribution is 2.34. The highest BCUT2D eigenvalue weighted by molar-refractivity contribution is 5.91. The Labute approximate surface area is 177 Å². The molecule has 3 atom stereocenters. The molecule has 1 aliphatic carbocycles. The van der Waals surface area contributed by atoms with E-state index in [2.05, 4.69) is 6.58 Å². The Bertz CT molecular complexity index is 745. The van der Waals surface area contributed by atoms with Crippen molar-refractivity contribution in [3.63, 3.8) is 0 Å². The largest absolute Gasteiger partial charge is 0.461 e. The van der Waals surface area contributed by atoms with Gasteiger partial charge in [-0.2, -0.15) is 0 Å². The second kappa shape index (κ2) is 10.6. The van der Waals surface area contributed by atoms with Crippen LogP contribution in [0.4, 0.5) is 0 Å². The molecule has 0 amide bonds. The Morgan fingerprint density at radius 3 is 2.37 bits per heavy atom. The summed E-state index contributed by atoms with van der Waals surface area (Å²) in [7, 11) is 0. The van der Waals surface area contributed by atoms with Crippen molar-refractivity contribution in [2.45, 2.75) is 59.2 Å². The molecule has 1 heterocycles. The van der Waals surface area contributed by atoms with Gasteiger partial charge in [-0.05, 0) is 36.5 Å². The standard InChI is InChI=1S/C23H32O7/c1-13(2)21(25)28-11-16-7-6-8-17(12-29-22(26)14(3)4)19(24)10-18-15(5)23(27)30-20(18)9-16/h8-9,13-14,18-20,24H,5-7,10-12H2,1-4H3. The number of ether oxygens (including phenoxy) is 3. The summed E-state index contributed by atoms with van der Waals surface area (Å²) in [6, 6.07) is 0. The van der Waals surface area contributed by atoms with Gasteiger partial charge in [-0.25, -0.2) is 4.79 Å². The SMILES string of the molecule is C=C1C(=O)OC2C=C(COC(=O)C(C)C)CCC=C(COC(=O)C(C)C)C(O)CC12. The number of allylic oxidation sites excluding steroid dienone is 1.